The summed E-state index contributed by atoms with van der Waals surface area (Å²) in [5.74, 6) is -2.06. The highest BCUT2D eigenvalue weighted by Gasteiger charge is 2.35. The van der Waals surface area contributed by atoms with Crippen LogP contribution in [0.5, 0.6) is 0 Å². The second-order valence-corrected chi connectivity index (χ2v) is 4.54. The summed E-state index contributed by atoms with van der Waals surface area (Å²) in [4.78, 5) is 14.8. The molecule has 0 aliphatic rings. The maximum absolute atomic E-state index is 12.3. The van der Waals surface area contributed by atoms with E-state index in [-0.39, 0.29) is 12.4 Å². The summed E-state index contributed by atoms with van der Waals surface area (Å²) in [7, 11) is 0. The molecule has 0 spiro atoms. The molecule has 0 aliphatic heterocycles. The molecule has 0 radical (unpaired) electrons. The molecule has 1 heterocycles. The van der Waals surface area contributed by atoms with Crippen LogP contribution in [0.15, 0.2) is 24.3 Å². The monoisotopic (exact) mass is 298 g/mol. The Labute approximate surface area is 118 Å². The highest BCUT2D eigenvalue weighted by Crippen LogP contribution is 2.26. The number of anilines is 1. The van der Waals surface area contributed by atoms with Gasteiger partial charge in [0.25, 0.3) is 0 Å². The van der Waals surface area contributed by atoms with Crippen molar-refractivity contribution in [2.75, 3.05) is 5.32 Å². The molecule has 2 N–H and O–H groups in total. The molecular weight excluding hydrogens is 285 g/mol. The van der Waals surface area contributed by atoms with Crippen LogP contribution in [0, 0.1) is 6.92 Å². The zero-order valence-electron chi connectivity index (χ0n) is 11.2. The molecule has 0 bridgehead atoms. The van der Waals surface area contributed by atoms with Gasteiger partial charge in [0.2, 0.25) is 17.7 Å². The molecule has 1 aromatic heterocycles. The van der Waals surface area contributed by atoms with Crippen molar-refractivity contribution in [2.24, 2.45) is 0 Å². The molecule has 0 fully saturated rings. The maximum atomic E-state index is 12.3. The van der Waals surface area contributed by atoms with Gasteiger partial charge in [-0.1, -0.05) is 29.8 Å². The van der Waals surface area contributed by atoms with Crippen molar-refractivity contribution >= 4 is 11.9 Å². The molecule has 2 aromatic rings. The minimum Gasteiger partial charge on any atom is -0.293 e. The van der Waals surface area contributed by atoms with Gasteiger partial charge in [0.1, 0.15) is 0 Å². The fraction of sp³-hybridized carbons (Fsp3) is 0.308. The van der Waals surface area contributed by atoms with Crippen LogP contribution in [0.4, 0.5) is 19.1 Å². The van der Waals surface area contributed by atoms with Gasteiger partial charge < -0.3 is 0 Å². The summed E-state index contributed by atoms with van der Waals surface area (Å²) >= 11 is 0. The zero-order chi connectivity index (χ0) is 15.5. The third-order valence-electron chi connectivity index (χ3n) is 2.73. The first kappa shape index (κ1) is 15.0. The topological polar surface area (TPSA) is 70.7 Å². The summed E-state index contributed by atoms with van der Waals surface area (Å²) in [5, 5.41) is 7.26. The van der Waals surface area contributed by atoms with Gasteiger partial charge in [0, 0.05) is 6.42 Å². The number of rotatable bonds is 4. The van der Waals surface area contributed by atoms with Gasteiger partial charge >= 0.3 is 6.18 Å². The molecule has 0 aliphatic carbocycles. The first-order valence-electron chi connectivity index (χ1n) is 6.19. The number of benzene rings is 1. The first-order chi connectivity index (χ1) is 9.84. The Morgan fingerprint density at radius 1 is 1.38 bits per heavy atom. The lowest BCUT2D eigenvalue weighted by molar-refractivity contribution is -0.144. The van der Waals surface area contributed by atoms with Gasteiger partial charge in [-0.05, 0) is 18.9 Å². The smallest absolute Gasteiger partial charge is 0.293 e. The van der Waals surface area contributed by atoms with E-state index in [2.05, 4.69) is 15.4 Å². The summed E-state index contributed by atoms with van der Waals surface area (Å²) in [6.45, 7) is 1.94. The number of carbonyl (C=O) groups excluding carboxylic acids is 1. The molecule has 0 saturated carbocycles. The molecule has 0 atom stereocenters. The normalized spacial score (nSPS) is 11.4. The number of nitrogens with zero attached hydrogens (tertiary/aromatic N) is 2. The number of H-pyrrole nitrogens is 1. The molecule has 21 heavy (non-hydrogen) atoms. The minimum atomic E-state index is -4.61. The van der Waals surface area contributed by atoms with Crippen molar-refractivity contribution in [1.82, 2.24) is 15.2 Å². The standard InChI is InChI=1S/C13H13F3N4O/c1-8-3-2-4-9(7-8)5-6-10(21)17-12-18-11(19-20-12)13(14,15)16/h2-4,7H,5-6H2,1H3,(H2,17,18,19,20,21). The molecule has 1 aromatic carbocycles. The number of halogens is 3. The minimum absolute atomic E-state index is 0.138. The van der Waals surface area contributed by atoms with E-state index in [1.54, 1.807) is 5.10 Å². The van der Waals surface area contributed by atoms with Crippen LogP contribution in [0.25, 0.3) is 0 Å². The van der Waals surface area contributed by atoms with E-state index < -0.39 is 17.9 Å². The molecule has 112 valence electrons. The molecule has 2 rings (SSSR count). The predicted molar refractivity (Wildman–Crippen MR) is 69.5 cm³/mol. The van der Waals surface area contributed by atoms with Crippen molar-refractivity contribution in [3.63, 3.8) is 0 Å². The lowest BCUT2D eigenvalue weighted by atomic mass is 10.1. The quantitative estimate of drug-likeness (QED) is 0.911. The van der Waals surface area contributed by atoms with E-state index in [1.165, 1.54) is 0 Å². The van der Waals surface area contributed by atoms with E-state index in [0.717, 1.165) is 11.1 Å². The number of aromatic amines is 1. The van der Waals surface area contributed by atoms with Crippen molar-refractivity contribution < 1.29 is 18.0 Å². The molecular formula is C13H13F3N4O. The van der Waals surface area contributed by atoms with Gasteiger partial charge in [-0.2, -0.15) is 18.2 Å². The molecule has 1 amide bonds. The van der Waals surface area contributed by atoms with E-state index in [0.29, 0.717) is 6.42 Å². The fourth-order valence-corrected chi connectivity index (χ4v) is 1.76. The number of hydrogen-bond acceptors (Lipinski definition) is 3. The number of amides is 1. The molecule has 8 heteroatoms. The number of alkyl halides is 3. The number of aryl methyl sites for hydroxylation is 2. The summed E-state index contributed by atoms with van der Waals surface area (Å²) in [6.07, 6.45) is -3.99. The number of hydrogen-bond donors (Lipinski definition) is 2. The summed E-state index contributed by atoms with van der Waals surface area (Å²) in [5.41, 5.74) is 2.06. The van der Waals surface area contributed by atoms with E-state index >= 15 is 0 Å². The van der Waals surface area contributed by atoms with Crippen LogP contribution >= 0.6 is 0 Å². The third kappa shape index (κ3) is 4.30. The first-order valence-corrected chi connectivity index (χ1v) is 6.19. The average Bonchev–Trinajstić information content (AvgIpc) is 2.85. The van der Waals surface area contributed by atoms with Crippen LogP contribution < -0.4 is 5.32 Å². The molecule has 0 unspecified atom stereocenters. The SMILES string of the molecule is Cc1cccc(CCC(=O)Nc2n[nH]c(C(F)(F)F)n2)c1. The van der Waals surface area contributed by atoms with E-state index in [1.807, 2.05) is 31.2 Å². The second kappa shape index (κ2) is 5.94. The van der Waals surface area contributed by atoms with Crippen LogP contribution in [0.3, 0.4) is 0 Å². The van der Waals surface area contributed by atoms with E-state index in [9.17, 15) is 18.0 Å². The summed E-state index contributed by atoms with van der Waals surface area (Å²) < 4.78 is 36.9. The van der Waals surface area contributed by atoms with Crippen LogP contribution in [0.2, 0.25) is 0 Å². The van der Waals surface area contributed by atoms with Crippen molar-refractivity contribution in [2.45, 2.75) is 25.9 Å². The Hall–Kier alpha value is -2.38. The second-order valence-electron chi connectivity index (χ2n) is 4.54. The van der Waals surface area contributed by atoms with Gasteiger partial charge in [-0.15, -0.1) is 5.10 Å². The highest BCUT2D eigenvalue weighted by molar-refractivity contribution is 5.89. The average molecular weight is 298 g/mol. The lowest BCUT2D eigenvalue weighted by Crippen LogP contribution is -2.14. The van der Waals surface area contributed by atoms with Gasteiger partial charge in [-0.25, -0.2) is 0 Å². The molecule has 0 saturated heterocycles. The fourth-order valence-electron chi connectivity index (χ4n) is 1.76. The van der Waals surface area contributed by atoms with Crippen LogP contribution in [-0.2, 0) is 17.4 Å². The van der Waals surface area contributed by atoms with Crippen LogP contribution in [0.1, 0.15) is 23.4 Å². The number of aromatic nitrogens is 3. The predicted octanol–water partition coefficient (Wildman–Crippen LogP) is 2.70. The Morgan fingerprint density at radius 3 is 2.76 bits per heavy atom. The maximum Gasteiger partial charge on any atom is 0.451 e. The Kier molecular flexibility index (Phi) is 4.25. The number of carbonyl (C=O) groups is 1. The van der Waals surface area contributed by atoms with Crippen LogP contribution in [-0.4, -0.2) is 21.1 Å². The van der Waals surface area contributed by atoms with Gasteiger partial charge in [0.15, 0.2) is 0 Å². The Bertz CT molecular complexity index is 636. The van der Waals surface area contributed by atoms with Crippen molar-refractivity contribution in [1.29, 1.82) is 0 Å². The Balaban J connectivity index is 1.89. The largest absolute Gasteiger partial charge is 0.451 e. The Morgan fingerprint density at radius 2 is 2.14 bits per heavy atom. The van der Waals surface area contributed by atoms with Crippen molar-refractivity contribution in [3.8, 4) is 0 Å². The lowest BCUT2D eigenvalue weighted by Gasteiger charge is -2.03. The van der Waals surface area contributed by atoms with E-state index in [4.69, 9.17) is 0 Å². The number of nitrogens with one attached hydrogen (secondary N) is 2. The summed E-state index contributed by atoms with van der Waals surface area (Å²) in [6, 6.07) is 7.65. The van der Waals surface area contributed by atoms with Crippen molar-refractivity contribution in [3.05, 3.63) is 41.2 Å². The van der Waals surface area contributed by atoms with Gasteiger partial charge in [-0.3, -0.25) is 15.2 Å². The zero-order valence-corrected chi connectivity index (χ0v) is 11.2. The molecule has 5 nitrogen and oxygen atoms in total. The van der Waals surface area contributed by atoms with Gasteiger partial charge in [0.05, 0.1) is 0 Å². The highest BCUT2D eigenvalue weighted by atomic mass is 19.4. The third-order valence-corrected chi connectivity index (χ3v) is 2.73.